The first kappa shape index (κ1) is 20.0. The van der Waals surface area contributed by atoms with Crippen LogP contribution in [0, 0.1) is 6.92 Å². The number of rotatable bonds is 7. The molecule has 30 heavy (non-hydrogen) atoms. The Labute approximate surface area is 176 Å². The minimum Gasteiger partial charge on any atom is -0.490 e. The van der Waals surface area contributed by atoms with Crippen LogP contribution < -0.4 is 14.8 Å². The van der Waals surface area contributed by atoms with Gasteiger partial charge in [0.1, 0.15) is 5.82 Å². The molecular formula is C24H27N3O3. The van der Waals surface area contributed by atoms with E-state index in [0.717, 1.165) is 34.8 Å². The molecule has 0 saturated carbocycles. The predicted octanol–water partition coefficient (Wildman–Crippen LogP) is 4.84. The fraction of sp³-hybridized carbons (Fsp3) is 0.333. The zero-order valence-electron chi connectivity index (χ0n) is 17.6. The first-order valence-electron chi connectivity index (χ1n) is 10.4. The van der Waals surface area contributed by atoms with Crippen molar-refractivity contribution in [1.82, 2.24) is 9.78 Å². The lowest BCUT2D eigenvalue weighted by atomic mass is 9.87. The van der Waals surface area contributed by atoms with Crippen LogP contribution in [0.1, 0.15) is 49.3 Å². The van der Waals surface area contributed by atoms with Crippen LogP contribution in [0.25, 0.3) is 5.69 Å². The van der Waals surface area contributed by atoms with Gasteiger partial charge in [0.25, 0.3) is 0 Å². The SMILES string of the molecule is CCCOc1ccc([C@H]2CC(=O)Nc3c2cnn3-c2ccc(C)cc2)cc1OCC. The molecule has 2 aromatic carbocycles. The largest absolute Gasteiger partial charge is 0.490 e. The van der Waals surface area contributed by atoms with Crippen molar-refractivity contribution in [3.05, 3.63) is 65.4 Å². The second kappa shape index (κ2) is 8.61. The second-order valence-corrected chi connectivity index (χ2v) is 7.49. The Morgan fingerprint density at radius 3 is 2.63 bits per heavy atom. The number of nitrogens with one attached hydrogen (secondary N) is 1. The van der Waals surface area contributed by atoms with Crippen LogP contribution in [0.5, 0.6) is 11.5 Å². The molecule has 156 valence electrons. The number of carbonyl (C=O) groups is 1. The van der Waals surface area contributed by atoms with Crippen LogP contribution in [-0.4, -0.2) is 28.9 Å². The molecule has 6 nitrogen and oxygen atoms in total. The third-order valence-corrected chi connectivity index (χ3v) is 5.23. The molecule has 3 aromatic rings. The fourth-order valence-corrected chi connectivity index (χ4v) is 3.74. The van der Waals surface area contributed by atoms with Crippen LogP contribution in [0.2, 0.25) is 0 Å². The molecule has 1 aromatic heterocycles. The molecule has 4 rings (SSSR count). The van der Waals surface area contributed by atoms with E-state index in [-0.39, 0.29) is 11.8 Å². The molecule has 1 amide bonds. The van der Waals surface area contributed by atoms with E-state index in [4.69, 9.17) is 9.47 Å². The molecule has 2 heterocycles. The van der Waals surface area contributed by atoms with Crippen molar-refractivity contribution in [2.24, 2.45) is 0 Å². The lowest BCUT2D eigenvalue weighted by Crippen LogP contribution is -2.24. The number of aromatic nitrogens is 2. The van der Waals surface area contributed by atoms with Gasteiger partial charge in [0.05, 0.1) is 25.1 Å². The fourth-order valence-electron chi connectivity index (χ4n) is 3.74. The monoisotopic (exact) mass is 405 g/mol. The number of nitrogens with zero attached hydrogens (tertiary/aromatic N) is 2. The van der Waals surface area contributed by atoms with Gasteiger partial charge in [0.2, 0.25) is 5.91 Å². The minimum absolute atomic E-state index is 0.0226. The topological polar surface area (TPSA) is 65.4 Å². The van der Waals surface area contributed by atoms with Crippen LogP contribution in [0.3, 0.4) is 0 Å². The number of ether oxygens (including phenoxy) is 2. The molecular weight excluding hydrogens is 378 g/mol. The van der Waals surface area contributed by atoms with Crippen molar-refractivity contribution in [1.29, 1.82) is 0 Å². The number of hydrogen-bond acceptors (Lipinski definition) is 4. The van der Waals surface area contributed by atoms with Gasteiger partial charge in [-0.15, -0.1) is 0 Å². The Balaban J connectivity index is 1.72. The smallest absolute Gasteiger partial charge is 0.226 e. The number of benzene rings is 2. The molecule has 1 aliphatic heterocycles. The molecule has 0 radical (unpaired) electrons. The molecule has 1 aliphatic rings. The highest BCUT2D eigenvalue weighted by Gasteiger charge is 2.31. The summed E-state index contributed by atoms with van der Waals surface area (Å²) in [7, 11) is 0. The summed E-state index contributed by atoms with van der Waals surface area (Å²) >= 11 is 0. The van der Waals surface area contributed by atoms with E-state index in [1.165, 1.54) is 5.56 Å². The van der Waals surface area contributed by atoms with E-state index in [9.17, 15) is 4.79 Å². The van der Waals surface area contributed by atoms with Gasteiger partial charge in [-0.1, -0.05) is 30.7 Å². The van der Waals surface area contributed by atoms with Crippen molar-refractivity contribution in [3.8, 4) is 17.2 Å². The summed E-state index contributed by atoms with van der Waals surface area (Å²) in [6.07, 6.45) is 3.14. The van der Waals surface area contributed by atoms with Gasteiger partial charge < -0.3 is 14.8 Å². The summed E-state index contributed by atoms with van der Waals surface area (Å²) < 4.78 is 13.4. The molecule has 0 fully saturated rings. The summed E-state index contributed by atoms with van der Waals surface area (Å²) in [4.78, 5) is 12.6. The average molecular weight is 405 g/mol. The van der Waals surface area contributed by atoms with Crippen LogP contribution >= 0.6 is 0 Å². The number of anilines is 1. The zero-order chi connectivity index (χ0) is 21.1. The van der Waals surface area contributed by atoms with Gasteiger partial charge in [-0.25, -0.2) is 4.68 Å². The molecule has 1 atom stereocenters. The summed E-state index contributed by atoms with van der Waals surface area (Å²) in [6.45, 7) is 7.26. The zero-order valence-corrected chi connectivity index (χ0v) is 17.6. The van der Waals surface area contributed by atoms with Crippen molar-refractivity contribution in [2.75, 3.05) is 18.5 Å². The minimum atomic E-state index is -0.0904. The Bertz CT molecular complexity index is 1040. The van der Waals surface area contributed by atoms with Crippen LogP contribution in [0.4, 0.5) is 5.82 Å². The van der Waals surface area contributed by atoms with Crippen molar-refractivity contribution in [3.63, 3.8) is 0 Å². The number of carbonyl (C=O) groups excluding carboxylic acids is 1. The van der Waals surface area contributed by atoms with Gasteiger partial charge in [0.15, 0.2) is 11.5 Å². The van der Waals surface area contributed by atoms with Gasteiger partial charge in [-0.05, 0) is 50.1 Å². The highest BCUT2D eigenvalue weighted by atomic mass is 16.5. The number of aryl methyl sites for hydroxylation is 1. The number of fused-ring (bicyclic) bond motifs is 1. The van der Waals surface area contributed by atoms with Crippen molar-refractivity contribution < 1.29 is 14.3 Å². The van der Waals surface area contributed by atoms with Crippen molar-refractivity contribution in [2.45, 2.75) is 39.5 Å². The summed E-state index contributed by atoms with van der Waals surface area (Å²) in [5.74, 6) is 2.06. The van der Waals surface area contributed by atoms with E-state index in [1.54, 1.807) is 4.68 Å². The molecule has 0 aliphatic carbocycles. The quantitative estimate of drug-likeness (QED) is 0.611. The number of amides is 1. The van der Waals surface area contributed by atoms with Gasteiger partial charge in [0, 0.05) is 17.9 Å². The molecule has 1 N–H and O–H groups in total. The molecule has 6 heteroatoms. The maximum Gasteiger partial charge on any atom is 0.226 e. The Kier molecular flexibility index (Phi) is 5.74. The summed E-state index contributed by atoms with van der Waals surface area (Å²) in [6, 6.07) is 14.0. The third kappa shape index (κ3) is 3.90. The van der Waals surface area contributed by atoms with Gasteiger partial charge in [-0.3, -0.25) is 4.79 Å². The average Bonchev–Trinajstić information content (AvgIpc) is 3.16. The normalized spacial score (nSPS) is 15.4. The molecule has 0 spiro atoms. The first-order valence-corrected chi connectivity index (χ1v) is 10.4. The van der Waals surface area contributed by atoms with E-state index in [1.807, 2.05) is 62.5 Å². The Morgan fingerprint density at radius 2 is 1.90 bits per heavy atom. The lowest BCUT2D eigenvalue weighted by molar-refractivity contribution is -0.116. The second-order valence-electron chi connectivity index (χ2n) is 7.49. The molecule has 0 unspecified atom stereocenters. The molecule has 0 bridgehead atoms. The number of hydrogen-bond donors (Lipinski definition) is 1. The van der Waals surface area contributed by atoms with Gasteiger partial charge >= 0.3 is 0 Å². The van der Waals surface area contributed by atoms with E-state index < -0.39 is 0 Å². The van der Waals surface area contributed by atoms with Crippen molar-refractivity contribution >= 4 is 11.7 Å². The van der Waals surface area contributed by atoms with Crippen LogP contribution in [-0.2, 0) is 4.79 Å². The standard InChI is InChI=1S/C24H27N3O3/c1-4-12-30-21-11-8-17(13-22(21)29-5-2)19-14-23(28)26-24-20(19)15-25-27(24)18-9-6-16(3)7-10-18/h6-11,13,15,19H,4-5,12,14H2,1-3H3,(H,26,28)/t19-/m1/s1. The Morgan fingerprint density at radius 1 is 1.10 bits per heavy atom. The summed E-state index contributed by atoms with van der Waals surface area (Å²) in [5.41, 5.74) is 4.11. The maximum atomic E-state index is 12.6. The van der Waals surface area contributed by atoms with E-state index >= 15 is 0 Å². The highest BCUT2D eigenvalue weighted by Crippen LogP contribution is 2.40. The lowest BCUT2D eigenvalue weighted by Gasteiger charge is -2.24. The van der Waals surface area contributed by atoms with E-state index in [2.05, 4.69) is 17.3 Å². The van der Waals surface area contributed by atoms with Crippen LogP contribution in [0.15, 0.2) is 48.7 Å². The Hall–Kier alpha value is -3.28. The first-order chi connectivity index (χ1) is 14.6. The highest BCUT2D eigenvalue weighted by molar-refractivity contribution is 5.94. The van der Waals surface area contributed by atoms with Gasteiger partial charge in [-0.2, -0.15) is 5.10 Å². The predicted molar refractivity (Wildman–Crippen MR) is 117 cm³/mol. The van der Waals surface area contributed by atoms with E-state index in [0.29, 0.717) is 25.4 Å². The third-order valence-electron chi connectivity index (χ3n) is 5.23. The summed E-state index contributed by atoms with van der Waals surface area (Å²) in [5, 5.41) is 7.58. The maximum absolute atomic E-state index is 12.6. The molecule has 0 saturated heterocycles.